The summed E-state index contributed by atoms with van der Waals surface area (Å²) >= 11 is 0. The van der Waals surface area contributed by atoms with E-state index in [0.29, 0.717) is 0 Å². The summed E-state index contributed by atoms with van der Waals surface area (Å²) in [5, 5.41) is 4.25. The largest absolute Gasteiger partial charge is 0.241 e. The van der Waals surface area contributed by atoms with Gasteiger partial charge in [-0.3, -0.25) is 0 Å². The van der Waals surface area contributed by atoms with Crippen LogP contribution in [0, 0.1) is 11.8 Å². The minimum atomic E-state index is 0.847. The number of nitrogens with zero attached hydrogens (tertiary/aromatic N) is 1. The summed E-state index contributed by atoms with van der Waals surface area (Å²) in [5.41, 5.74) is 0. The first-order valence-corrected chi connectivity index (χ1v) is 2.94. The highest BCUT2D eigenvalue weighted by Gasteiger charge is 2.18. The second-order valence-corrected chi connectivity index (χ2v) is 2.54. The third-order valence-corrected chi connectivity index (χ3v) is 1.81. The van der Waals surface area contributed by atoms with Crippen molar-refractivity contribution >= 4 is 0 Å². The Bertz CT molecular complexity index is 53.2. The first-order chi connectivity index (χ1) is 3.30. The lowest BCUT2D eigenvalue weighted by molar-refractivity contribution is 0.494. The maximum absolute atomic E-state index is 4.25. The van der Waals surface area contributed by atoms with Gasteiger partial charge in [0.15, 0.2) is 0 Å². The molecule has 1 fully saturated rings. The van der Waals surface area contributed by atoms with Crippen LogP contribution in [0.4, 0.5) is 0 Å². The number of rotatable bonds is 0. The highest BCUT2D eigenvalue weighted by atomic mass is 14.9. The van der Waals surface area contributed by atoms with Crippen molar-refractivity contribution in [1.29, 1.82) is 0 Å². The van der Waals surface area contributed by atoms with E-state index in [1.807, 2.05) is 0 Å². The van der Waals surface area contributed by atoms with Gasteiger partial charge in [-0.2, -0.15) is 0 Å². The van der Waals surface area contributed by atoms with Crippen LogP contribution in [0.5, 0.6) is 0 Å². The molecule has 0 saturated carbocycles. The first-order valence-electron chi connectivity index (χ1n) is 2.94. The molecule has 1 rings (SSSR count). The Morgan fingerprint density at radius 1 is 1.14 bits per heavy atom. The number of hydrogen-bond donors (Lipinski definition) is 0. The molecule has 0 aliphatic carbocycles. The fourth-order valence-corrected chi connectivity index (χ4v) is 0.842. The molecular weight excluding hydrogens is 86.1 g/mol. The lowest BCUT2D eigenvalue weighted by atomic mass is 10.0. The summed E-state index contributed by atoms with van der Waals surface area (Å²) in [6.45, 7) is 6.73. The lowest BCUT2D eigenvalue weighted by Crippen LogP contribution is -2.01. The zero-order valence-electron chi connectivity index (χ0n) is 5.02. The topological polar surface area (TPSA) is 14.1 Å². The summed E-state index contributed by atoms with van der Waals surface area (Å²) in [7, 11) is 0. The Labute approximate surface area is 45.1 Å². The summed E-state index contributed by atoms with van der Waals surface area (Å²) in [6, 6.07) is 0. The second kappa shape index (κ2) is 1.83. The van der Waals surface area contributed by atoms with Crippen molar-refractivity contribution in [1.82, 2.24) is 5.32 Å². The number of hydrogen-bond acceptors (Lipinski definition) is 0. The average Bonchev–Trinajstić information content (AvgIpc) is 1.91. The Balaban J connectivity index is 2.33. The Kier molecular flexibility index (Phi) is 1.33. The third-order valence-electron chi connectivity index (χ3n) is 1.81. The standard InChI is InChI=1S/C6H12N/c1-5-3-7-4-6(5)2/h5-6H,3-4H2,1-2H3/t5-,6-/m0/s1. The zero-order valence-corrected chi connectivity index (χ0v) is 5.02. The van der Waals surface area contributed by atoms with Gasteiger partial charge < -0.3 is 0 Å². The van der Waals surface area contributed by atoms with Gasteiger partial charge in [-0.05, 0) is 11.8 Å². The molecule has 1 radical (unpaired) electrons. The molecule has 1 heterocycles. The molecule has 1 nitrogen and oxygen atoms in total. The predicted molar refractivity (Wildman–Crippen MR) is 30.2 cm³/mol. The van der Waals surface area contributed by atoms with Crippen molar-refractivity contribution in [3.8, 4) is 0 Å². The van der Waals surface area contributed by atoms with Crippen LogP contribution in [-0.4, -0.2) is 13.1 Å². The van der Waals surface area contributed by atoms with Crippen molar-refractivity contribution in [2.45, 2.75) is 13.8 Å². The fourth-order valence-electron chi connectivity index (χ4n) is 0.842. The van der Waals surface area contributed by atoms with Crippen molar-refractivity contribution < 1.29 is 0 Å². The van der Waals surface area contributed by atoms with Gasteiger partial charge in [-0.25, -0.2) is 5.32 Å². The van der Waals surface area contributed by atoms with Gasteiger partial charge >= 0.3 is 0 Å². The summed E-state index contributed by atoms with van der Waals surface area (Å²) in [4.78, 5) is 0. The van der Waals surface area contributed by atoms with Crippen LogP contribution in [-0.2, 0) is 0 Å². The second-order valence-electron chi connectivity index (χ2n) is 2.54. The summed E-state index contributed by atoms with van der Waals surface area (Å²) < 4.78 is 0. The van der Waals surface area contributed by atoms with E-state index < -0.39 is 0 Å². The van der Waals surface area contributed by atoms with Gasteiger partial charge in [0.2, 0.25) is 0 Å². The molecule has 0 aromatic rings. The average molecular weight is 98.2 g/mol. The molecule has 1 heteroatoms. The smallest absolute Gasteiger partial charge is 0.0162 e. The predicted octanol–water partition coefficient (Wildman–Crippen LogP) is 0.877. The quantitative estimate of drug-likeness (QED) is 0.427. The molecule has 2 atom stereocenters. The SMILES string of the molecule is C[C@H]1C[N]C[C@@H]1C. The molecule has 1 aliphatic heterocycles. The fraction of sp³-hybridized carbons (Fsp3) is 1.00. The van der Waals surface area contributed by atoms with E-state index >= 15 is 0 Å². The van der Waals surface area contributed by atoms with E-state index in [0.717, 1.165) is 24.9 Å². The van der Waals surface area contributed by atoms with E-state index in [9.17, 15) is 0 Å². The molecule has 0 N–H and O–H groups in total. The van der Waals surface area contributed by atoms with Crippen LogP contribution in [0.25, 0.3) is 0 Å². The van der Waals surface area contributed by atoms with Gasteiger partial charge in [-0.15, -0.1) is 0 Å². The van der Waals surface area contributed by atoms with Crippen molar-refractivity contribution in [2.24, 2.45) is 11.8 Å². The lowest BCUT2D eigenvalue weighted by Gasteiger charge is -2.02. The maximum atomic E-state index is 4.25. The van der Waals surface area contributed by atoms with E-state index in [1.165, 1.54) is 0 Å². The van der Waals surface area contributed by atoms with Crippen LogP contribution in [0.2, 0.25) is 0 Å². The first kappa shape index (κ1) is 5.10. The summed E-state index contributed by atoms with van der Waals surface area (Å²) in [5.74, 6) is 1.69. The van der Waals surface area contributed by atoms with E-state index in [1.54, 1.807) is 0 Å². The third kappa shape index (κ3) is 0.942. The van der Waals surface area contributed by atoms with E-state index in [2.05, 4.69) is 19.2 Å². The molecule has 7 heavy (non-hydrogen) atoms. The Morgan fingerprint density at radius 3 is 1.71 bits per heavy atom. The molecular formula is C6H12N. The van der Waals surface area contributed by atoms with E-state index in [4.69, 9.17) is 0 Å². The van der Waals surface area contributed by atoms with Gasteiger partial charge in [0.1, 0.15) is 0 Å². The van der Waals surface area contributed by atoms with Gasteiger partial charge in [0.05, 0.1) is 0 Å². The molecule has 0 amide bonds. The Hall–Kier alpha value is -0.0400. The molecule has 0 aromatic heterocycles. The molecule has 0 unspecified atom stereocenters. The summed E-state index contributed by atoms with van der Waals surface area (Å²) in [6.07, 6.45) is 0. The van der Waals surface area contributed by atoms with Crippen molar-refractivity contribution in [2.75, 3.05) is 13.1 Å². The van der Waals surface area contributed by atoms with E-state index in [-0.39, 0.29) is 0 Å². The van der Waals surface area contributed by atoms with Crippen molar-refractivity contribution in [3.63, 3.8) is 0 Å². The minimum absolute atomic E-state index is 0.847. The van der Waals surface area contributed by atoms with Gasteiger partial charge in [-0.1, -0.05) is 13.8 Å². The molecule has 0 bridgehead atoms. The van der Waals surface area contributed by atoms with Crippen LogP contribution in [0.1, 0.15) is 13.8 Å². The highest BCUT2D eigenvalue weighted by molar-refractivity contribution is 4.72. The monoisotopic (exact) mass is 98.1 g/mol. The molecule has 0 aromatic carbocycles. The van der Waals surface area contributed by atoms with Gasteiger partial charge in [0, 0.05) is 13.1 Å². The van der Waals surface area contributed by atoms with Crippen LogP contribution in [0.15, 0.2) is 0 Å². The molecule has 1 saturated heterocycles. The van der Waals surface area contributed by atoms with Crippen LogP contribution < -0.4 is 5.32 Å². The molecule has 41 valence electrons. The maximum Gasteiger partial charge on any atom is 0.0162 e. The minimum Gasteiger partial charge on any atom is -0.241 e. The zero-order chi connectivity index (χ0) is 5.28. The molecule has 0 spiro atoms. The van der Waals surface area contributed by atoms with Crippen LogP contribution in [0.3, 0.4) is 0 Å². The van der Waals surface area contributed by atoms with Crippen LogP contribution >= 0.6 is 0 Å². The Morgan fingerprint density at radius 2 is 1.57 bits per heavy atom. The van der Waals surface area contributed by atoms with Crippen molar-refractivity contribution in [3.05, 3.63) is 0 Å². The molecule has 1 aliphatic rings. The highest BCUT2D eigenvalue weighted by Crippen LogP contribution is 2.14. The van der Waals surface area contributed by atoms with Gasteiger partial charge in [0.25, 0.3) is 0 Å². The normalized spacial score (nSPS) is 42.0.